The molecule has 11 heteroatoms. The van der Waals surface area contributed by atoms with Crippen LogP contribution in [0.3, 0.4) is 0 Å². The van der Waals surface area contributed by atoms with E-state index >= 15 is 0 Å². The van der Waals surface area contributed by atoms with E-state index in [1.54, 1.807) is 0 Å². The minimum atomic E-state index is -5.08. The van der Waals surface area contributed by atoms with E-state index in [0.717, 1.165) is 42.9 Å². The zero-order chi connectivity index (χ0) is 23.5. The number of rotatable bonds is 2. The van der Waals surface area contributed by atoms with Crippen LogP contribution in [0.15, 0.2) is 60.9 Å². The Hall–Kier alpha value is -3.73. The molecule has 172 valence electrons. The van der Waals surface area contributed by atoms with Gasteiger partial charge >= 0.3 is 12.1 Å². The first-order chi connectivity index (χ1) is 15.8. The number of carboxylic acid groups (broad SMARTS) is 1. The molecule has 5 rings (SSSR count). The first-order valence-electron chi connectivity index (χ1n) is 10.1. The van der Waals surface area contributed by atoms with Crippen LogP contribution < -0.4 is 10.1 Å². The number of benzene rings is 2. The predicted octanol–water partition coefficient (Wildman–Crippen LogP) is 3.24. The van der Waals surface area contributed by atoms with Gasteiger partial charge in [-0.15, -0.1) is 15.0 Å². The van der Waals surface area contributed by atoms with Gasteiger partial charge in [-0.2, -0.15) is 13.2 Å². The van der Waals surface area contributed by atoms with Crippen molar-refractivity contribution in [3.63, 3.8) is 0 Å². The predicted molar refractivity (Wildman–Crippen MR) is 112 cm³/mol. The standard InChI is InChI=1S/C20H19N5O.C2HF3O2/c1-2-4-19-17(3-1)18(13-20(26-19)9-11-21-12-10-20)15-5-7-16(8-6-15)25-23-14-22-24-25;3-2(4,5)1(6)7/h1-8,13-14,21H,9-12H2;(H,6,7). The molecule has 2 aromatic carbocycles. The number of carbonyl (C=O) groups is 1. The second-order valence-corrected chi connectivity index (χ2v) is 7.55. The third-order valence-electron chi connectivity index (χ3n) is 5.35. The van der Waals surface area contributed by atoms with Gasteiger partial charge in [0.25, 0.3) is 0 Å². The lowest BCUT2D eigenvalue weighted by molar-refractivity contribution is -0.192. The third-order valence-corrected chi connectivity index (χ3v) is 5.35. The van der Waals surface area contributed by atoms with Gasteiger partial charge in [-0.3, -0.25) is 0 Å². The average Bonchev–Trinajstić information content (AvgIpc) is 3.34. The number of ether oxygens (including phenoxy) is 1. The summed E-state index contributed by atoms with van der Waals surface area (Å²) in [5.74, 6) is -1.79. The lowest BCUT2D eigenvalue weighted by Gasteiger charge is -2.40. The quantitative estimate of drug-likeness (QED) is 0.607. The molecule has 1 saturated heterocycles. The summed E-state index contributed by atoms with van der Waals surface area (Å²) in [6.45, 7) is 1.95. The number of nitrogens with zero attached hydrogens (tertiary/aromatic N) is 4. The highest BCUT2D eigenvalue weighted by molar-refractivity contribution is 5.85. The molecule has 1 fully saturated rings. The van der Waals surface area contributed by atoms with Crippen molar-refractivity contribution in [2.24, 2.45) is 0 Å². The van der Waals surface area contributed by atoms with Crippen LogP contribution >= 0.6 is 0 Å². The fourth-order valence-electron chi connectivity index (χ4n) is 3.76. The molecule has 0 unspecified atom stereocenters. The molecule has 33 heavy (non-hydrogen) atoms. The number of hydrogen-bond acceptors (Lipinski definition) is 6. The fourth-order valence-corrected chi connectivity index (χ4v) is 3.76. The number of fused-ring (bicyclic) bond motifs is 1. The molecule has 2 N–H and O–H groups in total. The van der Waals surface area contributed by atoms with Gasteiger partial charge in [0.05, 0.1) is 5.69 Å². The molecule has 0 atom stereocenters. The Morgan fingerprint density at radius 3 is 2.36 bits per heavy atom. The lowest BCUT2D eigenvalue weighted by Crippen LogP contribution is -2.46. The van der Waals surface area contributed by atoms with E-state index in [-0.39, 0.29) is 5.60 Å². The van der Waals surface area contributed by atoms with E-state index in [1.165, 1.54) is 22.3 Å². The van der Waals surface area contributed by atoms with Crippen molar-refractivity contribution in [3.8, 4) is 11.4 Å². The van der Waals surface area contributed by atoms with Crippen LogP contribution in [-0.2, 0) is 4.79 Å². The monoisotopic (exact) mass is 459 g/mol. The summed E-state index contributed by atoms with van der Waals surface area (Å²) in [5.41, 5.74) is 4.21. The summed E-state index contributed by atoms with van der Waals surface area (Å²) in [7, 11) is 0. The summed E-state index contributed by atoms with van der Waals surface area (Å²) in [6, 6.07) is 16.6. The molecular weight excluding hydrogens is 439 g/mol. The Kier molecular flexibility index (Phi) is 6.14. The van der Waals surface area contributed by atoms with Crippen LogP contribution in [0.1, 0.15) is 24.0 Å². The highest BCUT2D eigenvalue weighted by Crippen LogP contribution is 2.42. The number of piperidine rings is 1. The largest absolute Gasteiger partial charge is 0.490 e. The van der Waals surface area contributed by atoms with E-state index in [9.17, 15) is 13.2 Å². The van der Waals surface area contributed by atoms with Gasteiger partial charge in [0.15, 0.2) is 6.33 Å². The van der Waals surface area contributed by atoms with Gasteiger partial charge in [-0.25, -0.2) is 4.79 Å². The van der Waals surface area contributed by atoms with E-state index in [1.807, 2.05) is 18.2 Å². The maximum absolute atomic E-state index is 10.6. The zero-order valence-electron chi connectivity index (χ0n) is 17.3. The smallest absolute Gasteiger partial charge is 0.482 e. The van der Waals surface area contributed by atoms with Crippen molar-refractivity contribution in [1.29, 1.82) is 0 Å². The Morgan fingerprint density at radius 1 is 1.09 bits per heavy atom. The second-order valence-electron chi connectivity index (χ2n) is 7.55. The molecule has 8 nitrogen and oxygen atoms in total. The third kappa shape index (κ3) is 5.03. The highest BCUT2D eigenvalue weighted by Gasteiger charge is 2.38. The van der Waals surface area contributed by atoms with Crippen LogP contribution in [0.5, 0.6) is 5.75 Å². The number of tetrazole rings is 1. The van der Waals surface area contributed by atoms with Crippen molar-refractivity contribution in [3.05, 3.63) is 72.1 Å². The summed E-state index contributed by atoms with van der Waals surface area (Å²) in [4.78, 5) is 10.4. The number of aromatic nitrogens is 4. The molecular formula is C22H20F3N5O3. The average molecular weight is 459 g/mol. The molecule has 0 bridgehead atoms. The van der Waals surface area contributed by atoms with Crippen LogP contribution in [0.4, 0.5) is 13.2 Å². The van der Waals surface area contributed by atoms with Gasteiger partial charge in [0, 0.05) is 18.4 Å². The van der Waals surface area contributed by atoms with E-state index in [2.05, 4.69) is 57.1 Å². The summed E-state index contributed by atoms with van der Waals surface area (Å²) in [5, 5.41) is 22.3. The summed E-state index contributed by atoms with van der Waals surface area (Å²) in [6.07, 6.45) is 0.627. The van der Waals surface area contributed by atoms with Crippen molar-refractivity contribution in [1.82, 2.24) is 25.5 Å². The molecule has 0 radical (unpaired) electrons. The zero-order valence-corrected chi connectivity index (χ0v) is 17.3. The van der Waals surface area contributed by atoms with Gasteiger partial charge in [-0.05, 0) is 53.7 Å². The number of para-hydroxylation sites is 1. The number of carboxylic acids is 1. The fraction of sp³-hybridized carbons (Fsp3) is 0.273. The van der Waals surface area contributed by atoms with Gasteiger partial charge < -0.3 is 15.2 Å². The summed E-state index contributed by atoms with van der Waals surface area (Å²) >= 11 is 0. The first-order valence-corrected chi connectivity index (χ1v) is 10.1. The Bertz CT molecular complexity index is 1140. The van der Waals surface area contributed by atoms with Crippen molar-refractivity contribution in [2.45, 2.75) is 24.6 Å². The van der Waals surface area contributed by atoms with E-state index in [4.69, 9.17) is 14.6 Å². The molecule has 1 aromatic heterocycles. The number of aliphatic carboxylic acids is 1. The van der Waals surface area contributed by atoms with Gasteiger partial charge in [0.1, 0.15) is 11.4 Å². The van der Waals surface area contributed by atoms with Crippen molar-refractivity contribution < 1.29 is 27.8 Å². The van der Waals surface area contributed by atoms with Crippen LogP contribution in [0.25, 0.3) is 11.3 Å². The molecule has 2 aliphatic heterocycles. The topological polar surface area (TPSA) is 102 Å². The first kappa shape index (κ1) is 22.5. The van der Waals surface area contributed by atoms with Crippen LogP contribution in [0, 0.1) is 0 Å². The molecule has 0 amide bonds. The van der Waals surface area contributed by atoms with Gasteiger partial charge in [-0.1, -0.05) is 30.3 Å². The molecule has 3 heterocycles. The summed E-state index contributed by atoms with van der Waals surface area (Å²) < 4.78 is 38.2. The van der Waals surface area contributed by atoms with E-state index in [0.29, 0.717) is 0 Å². The second kappa shape index (κ2) is 9.02. The highest BCUT2D eigenvalue weighted by atomic mass is 19.4. The molecule has 0 saturated carbocycles. The number of hydrogen-bond donors (Lipinski definition) is 2. The van der Waals surface area contributed by atoms with Crippen molar-refractivity contribution in [2.75, 3.05) is 13.1 Å². The molecule has 0 aliphatic carbocycles. The minimum Gasteiger partial charge on any atom is -0.482 e. The maximum Gasteiger partial charge on any atom is 0.490 e. The lowest BCUT2D eigenvalue weighted by atomic mass is 9.83. The number of halogens is 3. The SMILES string of the molecule is C1=C(c2ccc(-n3ncnn3)cc2)c2ccccc2OC12CCNCC2.O=C(O)C(F)(F)F. The Balaban J connectivity index is 0.000000325. The Morgan fingerprint density at radius 2 is 1.76 bits per heavy atom. The van der Waals surface area contributed by atoms with Crippen LogP contribution in [-0.4, -0.2) is 56.1 Å². The molecule has 2 aliphatic rings. The van der Waals surface area contributed by atoms with Gasteiger partial charge in [0.2, 0.25) is 0 Å². The minimum absolute atomic E-state index is 0.221. The number of nitrogens with one attached hydrogen (secondary N) is 1. The molecule has 1 spiro atoms. The normalized spacial score (nSPS) is 16.6. The van der Waals surface area contributed by atoms with Crippen LogP contribution in [0.2, 0.25) is 0 Å². The molecule has 3 aromatic rings. The van der Waals surface area contributed by atoms with E-state index < -0.39 is 12.1 Å². The maximum atomic E-state index is 10.6. The Labute approximate surface area is 186 Å². The van der Waals surface area contributed by atoms with Crippen molar-refractivity contribution >= 4 is 11.5 Å². The number of alkyl halides is 3.